The fourth-order valence-corrected chi connectivity index (χ4v) is 6.85. The number of hydrogen-bond acceptors (Lipinski definition) is 9. The maximum absolute atomic E-state index is 12.6. The Labute approximate surface area is 312 Å². The lowest BCUT2D eigenvalue weighted by Crippen LogP contribution is -2.59. The van der Waals surface area contributed by atoms with Crippen LogP contribution in [0.25, 0.3) is 0 Å². The SMILES string of the molecule is CCCCCCCCCCCCCCCCCCCCCCCOCC(COC1OC(CO)C(O)C(O)C1O)OC(=O)CCCCCCCCC. The van der Waals surface area contributed by atoms with Gasteiger partial charge in [0.05, 0.1) is 19.8 Å². The van der Waals surface area contributed by atoms with Crippen molar-refractivity contribution in [2.24, 2.45) is 0 Å². The van der Waals surface area contributed by atoms with E-state index < -0.39 is 43.4 Å². The van der Waals surface area contributed by atoms with Crippen LogP contribution in [0.4, 0.5) is 0 Å². The summed E-state index contributed by atoms with van der Waals surface area (Å²) in [5.74, 6) is -0.316. The van der Waals surface area contributed by atoms with Crippen molar-refractivity contribution >= 4 is 5.97 Å². The molecule has 1 fully saturated rings. The average Bonchev–Trinajstić information content (AvgIpc) is 3.13. The van der Waals surface area contributed by atoms with Gasteiger partial charge in [-0.1, -0.05) is 181 Å². The molecule has 0 aliphatic carbocycles. The summed E-state index contributed by atoms with van der Waals surface area (Å²) in [7, 11) is 0. The quantitative estimate of drug-likeness (QED) is 0.0365. The molecule has 0 spiro atoms. The average molecular weight is 731 g/mol. The lowest BCUT2D eigenvalue weighted by atomic mass is 9.99. The van der Waals surface area contributed by atoms with E-state index in [1.807, 2.05) is 0 Å². The molecule has 304 valence electrons. The fraction of sp³-hybridized carbons (Fsp3) is 0.976. The van der Waals surface area contributed by atoms with Crippen molar-refractivity contribution in [3.05, 3.63) is 0 Å². The lowest BCUT2D eigenvalue weighted by molar-refractivity contribution is -0.305. The first-order valence-electron chi connectivity index (χ1n) is 21.6. The number of esters is 1. The Bertz CT molecular complexity index is 752. The maximum atomic E-state index is 12.6. The molecule has 0 amide bonds. The number of aliphatic hydroxyl groups excluding tert-OH is 4. The Balaban J connectivity index is 2.15. The second-order valence-electron chi connectivity index (χ2n) is 15.2. The van der Waals surface area contributed by atoms with E-state index in [1.54, 1.807) is 0 Å². The maximum Gasteiger partial charge on any atom is 0.306 e. The van der Waals surface area contributed by atoms with Crippen molar-refractivity contribution in [1.82, 2.24) is 0 Å². The molecule has 1 aliphatic rings. The highest BCUT2D eigenvalue weighted by molar-refractivity contribution is 5.69. The third-order valence-corrected chi connectivity index (χ3v) is 10.3. The van der Waals surface area contributed by atoms with Crippen LogP contribution in [0.15, 0.2) is 0 Å². The van der Waals surface area contributed by atoms with Crippen LogP contribution in [0.2, 0.25) is 0 Å². The predicted octanol–water partition coefficient (Wildman–Crippen LogP) is 9.08. The first-order valence-corrected chi connectivity index (χ1v) is 21.6. The van der Waals surface area contributed by atoms with Gasteiger partial charge in [0.25, 0.3) is 0 Å². The van der Waals surface area contributed by atoms with Crippen molar-refractivity contribution in [3.8, 4) is 0 Å². The molecule has 0 bridgehead atoms. The summed E-state index contributed by atoms with van der Waals surface area (Å²) < 4.78 is 22.7. The van der Waals surface area contributed by atoms with Crippen LogP contribution in [-0.2, 0) is 23.7 Å². The molecule has 0 aromatic rings. The highest BCUT2D eigenvalue weighted by Crippen LogP contribution is 2.23. The molecule has 6 unspecified atom stereocenters. The minimum absolute atomic E-state index is 0.106. The van der Waals surface area contributed by atoms with Crippen LogP contribution in [-0.4, -0.2) is 89.6 Å². The fourth-order valence-electron chi connectivity index (χ4n) is 6.85. The summed E-state index contributed by atoms with van der Waals surface area (Å²) in [5, 5.41) is 39.9. The molecule has 4 N–H and O–H groups in total. The summed E-state index contributed by atoms with van der Waals surface area (Å²) in [6, 6.07) is 0. The van der Waals surface area contributed by atoms with E-state index in [4.69, 9.17) is 18.9 Å². The van der Waals surface area contributed by atoms with Crippen molar-refractivity contribution in [2.45, 2.75) is 237 Å². The molecule has 6 atom stereocenters. The number of carbonyl (C=O) groups is 1. The zero-order valence-corrected chi connectivity index (χ0v) is 33.1. The number of aliphatic hydroxyl groups is 4. The highest BCUT2D eigenvalue weighted by atomic mass is 16.7. The summed E-state index contributed by atoms with van der Waals surface area (Å²) in [6.07, 6.45) is 28.7. The van der Waals surface area contributed by atoms with Gasteiger partial charge < -0.3 is 39.4 Å². The molecule has 1 aliphatic heterocycles. The molecule has 1 heterocycles. The van der Waals surface area contributed by atoms with E-state index in [0.717, 1.165) is 32.1 Å². The van der Waals surface area contributed by atoms with Crippen LogP contribution in [0.1, 0.15) is 200 Å². The second-order valence-corrected chi connectivity index (χ2v) is 15.2. The number of carbonyl (C=O) groups excluding carboxylic acids is 1. The first kappa shape index (κ1) is 48.2. The molecule has 0 aromatic heterocycles. The van der Waals surface area contributed by atoms with Gasteiger partial charge in [0.1, 0.15) is 30.5 Å². The summed E-state index contributed by atoms with van der Waals surface area (Å²) in [4.78, 5) is 12.6. The number of unbranched alkanes of at least 4 members (excludes halogenated alkanes) is 26. The molecular weight excluding hydrogens is 648 g/mol. The van der Waals surface area contributed by atoms with Crippen LogP contribution in [0.3, 0.4) is 0 Å². The zero-order valence-electron chi connectivity index (χ0n) is 33.1. The highest BCUT2D eigenvalue weighted by Gasteiger charge is 2.44. The second kappa shape index (κ2) is 34.9. The van der Waals surface area contributed by atoms with Gasteiger partial charge in [0.2, 0.25) is 0 Å². The van der Waals surface area contributed by atoms with Crippen LogP contribution < -0.4 is 0 Å². The van der Waals surface area contributed by atoms with E-state index in [1.165, 1.54) is 148 Å². The van der Waals surface area contributed by atoms with Crippen molar-refractivity contribution < 1.29 is 44.2 Å². The smallest absolute Gasteiger partial charge is 0.306 e. The minimum atomic E-state index is -1.53. The van der Waals surface area contributed by atoms with E-state index in [9.17, 15) is 25.2 Å². The van der Waals surface area contributed by atoms with Gasteiger partial charge >= 0.3 is 5.97 Å². The Morgan fingerprint density at radius 2 is 0.961 bits per heavy atom. The third-order valence-electron chi connectivity index (χ3n) is 10.3. The van der Waals surface area contributed by atoms with Gasteiger partial charge in [0, 0.05) is 13.0 Å². The summed E-state index contributed by atoms with van der Waals surface area (Å²) in [6.45, 7) is 4.55. The normalized spacial score (nSPS) is 21.3. The molecule has 9 nitrogen and oxygen atoms in total. The monoisotopic (exact) mass is 731 g/mol. The van der Waals surface area contributed by atoms with Gasteiger partial charge in [0.15, 0.2) is 6.29 Å². The molecule has 0 radical (unpaired) electrons. The van der Waals surface area contributed by atoms with Crippen LogP contribution >= 0.6 is 0 Å². The van der Waals surface area contributed by atoms with Gasteiger partial charge in [-0.25, -0.2) is 0 Å². The topological polar surface area (TPSA) is 135 Å². The molecule has 0 aromatic carbocycles. The number of rotatable bonds is 37. The van der Waals surface area contributed by atoms with E-state index in [-0.39, 0.29) is 19.2 Å². The lowest BCUT2D eigenvalue weighted by Gasteiger charge is -2.39. The van der Waals surface area contributed by atoms with Crippen LogP contribution in [0, 0.1) is 0 Å². The van der Waals surface area contributed by atoms with E-state index in [2.05, 4.69) is 13.8 Å². The first-order chi connectivity index (χ1) is 24.9. The van der Waals surface area contributed by atoms with Crippen molar-refractivity contribution in [1.29, 1.82) is 0 Å². The van der Waals surface area contributed by atoms with Crippen molar-refractivity contribution in [3.63, 3.8) is 0 Å². The Morgan fingerprint density at radius 1 is 0.549 bits per heavy atom. The van der Waals surface area contributed by atoms with Crippen molar-refractivity contribution in [2.75, 3.05) is 26.4 Å². The Hall–Kier alpha value is -0.810. The predicted molar refractivity (Wildman–Crippen MR) is 206 cm³/mol. The number of hydrogen-bond donors (Lipinski definition) is 4. The molecule has 0 saturated carbocycles. The van der Waals surface area contributed by atoms with E-state index in [0.29, 0.717) is 13.0 Å². The van der Waals surface area contributed by atoms with Gasteiger partial charge in [-0.05, 0) is 12.8 Å². The van der Waals surface area contributed by atoms with Gasteiger partial charge in [-0.2, -0.15) is 0 Å². The summed E-state index contributed by atoms with van der Waals surface area (Å²) in [5.41, 5.74) is 0. The van der Waals surface area contributed by atoms with Gasteiger partial charge in [-0.3, -0.25) is 4.79 Å². The Kier molecular flexibility index (Phi) is 33.0. The molecule has 9 heteroatoms. The minimum Gasteiger partial charge on any atom is -0.457 e. The molecule has 1 rings (SSSR count). The molecular formula is C42H82O9. The zero-order chi connectivity index (χ0) is 37.2. The largest absolute Gasteiger partial charge is 0.457 e. The van der Waals surface area contributed by atoms with E-state index >= 15 is 0 Å². The summed E-state index contributed by atoms with van der Waals surface area (Å²) >= 11 is 0. The third kappa shape index (κ3) is 26.6. The van der Waals surface area contributed by atoms with Gasteiger partial charge in [-0.15, -0.1) is 0 Å². The van der Waals surface area contributed by atoms with Crippen LogP contribution in [0.5, 0.6) is 0 Å². The molecule has 1 saturated heterocycles. The standard InChI is InChI=1S/C42H82O9/c1-3-5-7-9-11-12-13-14-15-16-17-18-19-20-21-22-23-24-26-28-30-32-48-34-36(50-38(44)31-29-27-25-10-8-6-4-2)35-49-42-41(47)40(46)39(45)37(33-43)51-42/h36-37,39-43,45-47H,3-35H2,1-2H3. The number of ether oxygens (including phenoxy) is 4. The molecule has 51 heavy (non-hydrogen) atoms. The Morgan fingerprint density at radius 3 is 1.39 bits per heavy atom.